The summed E-state index contributed by atoms with van der Waals surface area (Å²) in [6, 6.07) is 16.7. The largest absolute Gasteiger partial charge is 0.493 e. The van der Waals surface area contributed by atoms with E-state index in [2.05, 4.69) is 4.98 Å². The maximum absolute atomic E-state index is 15.2. The summed E-state index contributed by atoms with van der Waals surface area (Å²) in [7, 11) is 4.64. The van der Waals surface area contributed by atoms with Crippen molar-refractivity contribution in [1.29, 1.82) is 5.26 Å². The van der Waals surface area contributed by atoms with Gasteiger partial charge in [0.25, 0.3) is 0 Å². The fraction of sp³-hybridized carbons (Fsp3) is 0.250. The summed E-state index contributed by atoms with van der Waals surface area (Å²) in [5.74, 6) is -0.260. The fourth-order valence-electron chi connectivity index (χ4n) is 4.95. The van der Waals surface area contributed by atoms with Crippen LogP contribution in [0.4, 0.5) is 4.39 Å². The smallest absolute Gasteiger partial charge is 0.333 e. The second-order valence-corrected chi connectivity index (χ2v) is 9.94. The minimum Gasteiger partial charge on any atom is -0.493 e. The molecular weight excluding hydrogens is 539 g/mol. The number of hydrogen-bond acceptors (Lipinski definition) is 7. The number of nitrogens with zero attached hydrogens (tertiary/aromatic N) is 4. The van der Waals surface area contributed by atoms with Crippen molar-refractivity contribution in [3.63, 3.8) is 0 Å². The van der Waals surface area contributed by atoms with Crippen molar-refractivity contribution in [1.82, 2.24) is 14.1 Å². The molecule has 42 heavy (non-hydrogen) atoms. The van der Waals surface area contributed by atoms with E-state index in [1.54, 1.807) is 26.3 Å². The van der Waals surface area contributed by atoms with Gasteiger partial charge in [-0.2, -0.15) is 5.26 Å². The predicted octanol–water partition coefficient (Wildman–Crippen LogP) is 5.32. The number of rotatable bonds is 10. The Morgan fingerprint density at radius 1 is 1.10 bits per heavy atom. The van der Waals surface area contributed by atoms with Crippen molar-refractivity contribution in [2.24, 2.45) is 7.05 Å². The molecule has 1 atom stereocenters. The number of methoxy groups -OCH3 is 2. The summed E-state index contributed by atoms with van der Waals surface area (Å²) in [6.45, 7) is 2.40. The van der Waals surface area contributed by atoms with Crippen LogP contribution in [0.5, 0.6) is 11.5 Å². The van der Waals surface area contributed by atoms with Gasteiger partial charge in [0.1, 0.15) is 5.82 Å². The lowest BCUT2D eigenvalue weighted by atomic mass is 10.0. The first-order valence-electron chi connectivity index (χ1n) is 13.3. The Morgan fingerprint density at radius 2 is 1.86 bits per heavy atom. The zero-order valence-electron chi connectivity index (χ0n) is 23.7. The van der Waals surface area contributed by atoms with Crippen molar-refractivity contribution < 1.29 is 23.4 Å². The molecule has 0 aliphatic rings. The molecule has 0 saturated heterocycles. The molecule has 0 radical (unpaired) electrons. The topological polar surface area (TPSA) is 108 Å². The maximum atomic E-state index is 15.2. The van der Waals surface area contributed by atoms with Gasteiger partial charge in [-0.1, -0.05) is 29.8 Å². The Hall–Kier alpha value is -5.01. The summed E-state index contributed by atoms with van der Waals surface area (Å²) in [6.07, 6.45) is 1.37. The lowest BCUT2D eigenvalue weighted by Crippen LogP contribution is -2.21. The van der Waals surface area contributed by atoms with Crippen molar-refractivity contribution in [2.45, 2.75) is 25.9 Å². The van der Waals surface area contributed by atoms with E-state index in [0.717, 1.165) is 11.6 Å². The van der Waals surface area contributed by atoms with Gasteiger partial charge >= 0.3 is 5.69 Å². The van der Waals surface area contributed by atoms with E-state index in [1.165, 1.54) is 34.6 Å². The Balaban J connectivity index is 1.71. The van der Waals surface area contributed by atoms with E-state index < -0.39 is 17.6 Å². The number of ether oxygens (including phenoxy) is 3. The number of aromatic nitrogens is 3. The zero-order chi connectivity index (χ0) is 30.0. The highest BCUT2D eigenvalue weighted by Gasteiger charge is 2.26. The number of fused-ring (bicyclic) bond motifs is 3. The van der Waals surface area contributed by atoms with Crippen LogP contribution in [0.3, 0.4) is 0 Å². The molecule has 0 aliphatic carbocycles. The monoisotopic (exact) mass is 568 g/mol. The van der Waals surface area contributed by atoms with Crippen LogP contribution in [-0.2, 0) is 16.6 Å². The van der Waals surface area contributed by atoms with Gasteiger partial charge in [0.2, 0.25) is 0 Å². The van der Waals surface area contributed by atoms with Gasteiger partial charge in [0.15, 0.2) is 23.4 Å². The zero-order valence-corrected chi connectivity index (χ0v) is 23.7. The van der Waals surface area contributed by atoms with Gasteiger partial charge in [-0.3, -0.25) is 18.9 Å². The molecule has 1 unspecified atom stereocenters. The second-order valence-electron chi connectivity index (χ2n) is 9.94. The number of ketones is 1. The van der Waals surface area contributed by atoms with Gasteiger partial charge in [-0.15, -0.1) is 0 Å². The number of carbonyl (C=O) groups is 1. The molecule has 0 bridgehead atoms. The van der Waals surface area contributed by atoms with E-state index in [1.807, 2.05) is 37.3 Å². The van der Waals surface area contributed by atoms with Gasteiger partial charge in [0.05, 0.1) is 47.2 Å². The Kier molecular flexibility index (Phi) is 8.04. The third kappa shape index (κ3) is 5.22. The van der Waals surface area contributed by atoms with E-state index in [9.17, 15) is 14.9 Å². The Morgan fingerprint density at radius 3 is 2.52 bits per heavy atom. The summed E-state index contributed by atoms with van der Waals surface area (Å²) < 4.78 is 35.0. The van der Waals surface area contributed by atoms with Crippen LogP contribution in [-0.4, -0.2) is 40.7 Å². The average Bonchev–Trinajstić information content (AvgIpc) is 3.25. The van der Waals surface area contributed by atoms with Crippen LogP contribution in [0.1, 0.15) is 35.6 Å². The van der Waals surface area contributed by atoms with Crippen LogP contribution in [0, 0.1) is 24.1 Å². The maximum Gasteiger partial charge on any atom is 0.333 e. The summed E-state index contributed by atoms with van der Waals surface area (Å²) >= 11 is 0. The number of hydrogen-bond donors (Lipinski definition) is 0. The quantitative estimate of drug-likeness (QED) is 0.210. The number of halogens is 1. The summed E-state index contributed by atoms with van der Waals surface area (Å²) in [4.78, 5) is 31.3. The van der Waals surface area contributed by atoms with Crippen LogP contribution in [0.2, 0.25) is 0 Å². The minimum absolute atomic E-state index is 0.0127. The van der Waals surface area contributed by atoms with Crippen molar-refractivity contribution >= 4 is 27.7 Å². The molecule has 214 valence electrons. The lowest BCUT2D eigenvalue weighted by Gasteiger charge is -2.21. The van der Waals surface area contributed by atoms with Crippen LogP contribution >= 0.6 is 0 Å². The number of imidazole rings is 1. The van der Waals surface area contributed by atoms with Crippen LogP contribution < -0.4 is 15.2 Å². The molecule has 0 N–H and O–H groups in total. The summed E-state index contributed by atoms with van der Waals surface area (Å²) in [5, 5.41) is 9.67. The molecule has 0 amide bonds. The highest BCUT2D eigenvalue weighted by atomic mass is 19.1. The number of Topliss-reactive ketones (excluding diaryl/α,β-unsaturated/α-hetero) is 1. The molecule has 2 heterocycles. The predicted molar refractivity (Wildman–Crippen MR) is 156 cm³/mol. The molecule has 2 aromatic heterocycles. The highest BCUT2D eigenvalue weighted by Crippen LogP contribution is 2.38. The number of benzene rings is 3. The highest BCUT2D eigenvalue weighted by molar-refractivity contribution is 6.04. The first-order valence-corrected chi connectivity index (χ1v) is 13.3. The molecule has 9 nitrogen and oxygen atoms in total. The molecule has 5 aromatic rings. The van der Waals surface area contributed by atoms with E-state index in [-0.39, 0.29) is 29.2 Å². The molecule has 0 saturated carbocycles. The minimum atomic E-state index is -0.935. The third-order valence-electron chi connectivity index (χ3n) is 7.18. The van der Waals surface area contributed by atoms with Crippen molar-refractivity contribution in [3.05, 3.63) is 93.8 Å². The molecule has 5 rings (SSSR count). The molecule has 0 fully saturated rings. The molecule has 0 spiro atoms. The van der Waals surface area contributed by atoms with Crippen LogP contribution in [0.15, 0.2) is 65.6 Å². The number of carbonyl (C=O) groups excluding carboxylic acids is 1. The first kappa shape index (κ1) is 28.5. The van der Waals surface area contributed by atoms with Crippen molar-refractivity contribution in [3.8, 4) is 23.3 Å². The Bertz CT molecular complexity index is 1900. The first-order chi connectivity index (χ1) is 20.3. The Labute approximate surface area is 241 Å². The van der Waals surface area contributed by atoms with Crippen molar-refractivity contribution in [2.75, 3.05) is 20.8 Å². The number of aryl methyl sites for hydroxylation is 2. The van der Waals surface area contributed by atoms with Gasteiger partial charge in [-0.25, -0.2) is 9.18 Å². The SMILES string of the molecule is COCCCC(=O)C(Oc1cc2c(cc1OC)ncc1c2n(-c2ccc(C#N)cc2F)c(=O)n1C)c1ccc(C)cc1. The molecule has 0 aliphatic heterocycles. The average molecular weight is 569 g/mol. The van der Waals surface area contributed by atoms with E-state index in [4.69, 9.17) is 14.2 Å². The third-order valence-corrected chi connectivity index (χ3v) is 7.18. The van der Waals surface area contributed by atoms with E-state index in [0.29, 0.717) is 46.3 Å². The molecule has 10 heteroatoms. The standard InChI is InChI=1S/C32H29FN4O5/c1-19-7-10-21(11-8-19)31(27(38)6-5-13-40-3)42-29-15-22-24(16-28(29)41-4)35-18-26-30(22)37(32(39)36(26)2)25-12-9-20(17-34)14-23(25)33/h7-12,14-16,18,31H,5-6,13H2,1-4H3. The van der Waals surface area contributed by atoms with E-state index >= 15 is 4.39 Å². The lowest BCUT2D eigenvalue weighted by molar-refractivity contribution is -0.126. The second kappa shape index (κ2) is 11.8. The van der Waals surface area contributed by atoms with Gasteiger partial charge < -0.3 is 14.2 Å². The molecule has 3 aromatic carbocycles. The van der Waals surface area contributed by atoms with Gasteiger partial charge in [-0.05, 0) is 43.2 Å². The number of pyridine rings is 1. The number of nitriles is 1. The summed E-state index contributed by atoms with van der Waals surface area (Å²) in [5.41, 5.74) is 2.66. The molecular formula is C32H29FN4O5. The normalized spacial score (nSPS) is 11.9. The fourth-order valence-corrected chi connectivity index (χ4v) is 4.95. The van der Waals surface area contributed by atoms with Gasteiger partial charge in [0, 0.05) is 38.6 Å². The van der Waals surface area contributed by atoms with Crippen LogP contribution in [0.25, 0.3) is 27.6 Å².